The summed E-state index contributed by atoms with van der Waals surface area (Å²) in [4.78, 5) is 25.3. The molecule has 0 bridgehead atoms. The van der Waals surface area contributed by atoms with Gasteiger partial charge in [0, 0.05) is 19.5 Å². The second-order valence-corrected chi connectivity index (χ2v) is 6.67. The van der Waals surface area contributed by atoms with Crippen molar-refractivity contribution in [2.24, 2.45) is 11.3 Å². The number of carboxylic acid groups (broad SMARTS) is 1. The van der Waals surface area contributed by atoms with Gasteiger partial charge in [0.05, 0.1) is 5.41 Å². The molecular weight excluding hydrogens is 262 g/mol. The summed E-state index contributed by atoms with van der Waals surface area (Å²) in [6.45, 7) is 7.34. The third-order valence-corrected chi connectivity index (χ3v) is 4.72. The van der Waals surface area contributed by atoms with Gasteiger partial charge in [0.15, 0.2) is 0 Å². The molecule has 4 nitrogen and oxygen atoms in total. The number of aliphatic carboxylic acids is 1. The largest absolute Gasteiger partial charge is 0.481 e. The van der Waals surface area contributed by atoms with Gasteiger partial charge in [-0.1, -0.05) is 13.8 Å². The van der Waals surface area contributed by atoms with Crippen LogP contribution >= 0.6 is 11.8 Å². The van der Waals surface area contributed by atoms with Crippen molar-refractivity contribution in [3.8, 4) is 0 Å². The molecule has 0 aromatic heterocycles. The SMILES string of the molecule is CSCCC(C)N(C)C(=O)CC(C)(C(=O)O)C(C)C. The minimum Gasteiger partial charge on any atom is -0.481 e. The highest BCUT2D eigenvalue weighted by atomic mass is 32.2. The van der Waals surface area contributed by atoms with Gasteiger partial charge in [-0.3, -0.25) is 9.59 Å². The number of rotatable bonds is 8. The molecule has 19 heavy (non-hydrogen) atoms. The summed E-state index contributed by atoms with van der Waals surface area (Å²) in [6.07, 6.45) is 3.02. The molecule has 0 aromatic rings. The standard InChI is InChI=1S/C14H27NO3S/c1-10(2)14(4,13(17)18)9-12(16)15(5)11(3)7-8-19-6/h10-11H,7-9H2,1-6H3,(H,17,18). The summed E-state index contributed by atoms with van der Waals surface area (Å²) in [6, 6.07) is 0.144. The fourth-order valence-electron chi connectivity index (χ4n) is 1.69. The van der Waals surface area contributed by atoms with E-state index >= 15 is 0 Å². The quantitative estimate of drug-likeness (QED) is 0.746. The van der Waals surface area contributed by atoms with Crippen LogP contribution in [0.3, 0.4) is 0 Å². The van der Waals surface area contributed by atoms with Gasteiger partial charge in [-0.05, 0) is 38.2 Å². The third-order valence-electron chi connectivity index (χ3n) is 4.08. The Balaban J connectivity index is 4.70. The van der Waals surface area contributed by atoms with E-state index in [0.29, 0.717) is 0 Å². The van der Waals surface area contributed by atoms with E-state index in [1.165, 1.54) is 0 Å². The van der Waals surface area contributed by atoms with Gasteiger partial charge in [-0.2, -0.15) is 11.8 Å². The molecule has 112 valence electrons. The highest BCUT2D eigenvalue weighted by Crippen LogP contribution is 2.32. The van der Waals surface area contributed by atoms with Crippen LogP contribution in [0, 0.1) is 11.3 Å². The topological polar surface area (TPSA) is 57.6 Å². The van der Waals surface area contributed by atoms with E-state index in [0.717, 1.165) is 12.2 Å². The molecule has 0 saturated heterocycles. The van der Waals surface area contributed by atoms with E-state index in [4.69, 9.17) is 0 Å². The molecule has 2 atom stereocenters. The van der Waals surface area contributed by atoms with Crippen LogP contribution in [0.4, 0.5) is 0 Å². The maximum atomic E-state index is 12.2. The number of hydrogen-bond acceptors (Lipinski definition) is 3. The normalized spacial score (nSPS) is 15.9. The zero-order chi connectivity index (χ0) is 15.2. The number of nitrogens with zero attached hydrogens (tertiary/aromatic N) is 1. The Hall–Kier alpha value is -0.710. The summed E-state index contributed by atoms with van der Waals surface area (Å²) in [5, 5.41) is 9.34. The summed E-state index contributed by atoms with van der Waals surface area (Å²) in [7, 11) is 1.76. The maximum Gasteiger partial charge on any atom is 0.310 e. The van der Waals surface area contributed by atoms with Crippen LogP contribution in [-0.2, 0) is 9.59 Å². The lowest BCUT2D eigenvalue weighted by atomic mass is 9.76. The number of hydrogen-bond donors (Lipinski definition) is 1. The average molecular weight is 289 g/mol. The number of carboxylic acids is 1. The predicted octanol–water partition coefficient (Wildman–Crippen LogP) is 2.72. The third kappa shape index (κ3) is 5.05. The molecule has 0 aliphatic rings. The Bertz CT molecular complexity index is 320. The molecule has 0 aliphatic heterocycles. The van der Waals surface area contributed by atoms with Gasteiger partial charge in [0.1, 0.15) is 0 Å². The van der Waals surface area contributed by atoms with Gasteiger partial charge in [0.25, 0.3) is 0 Å². The minimum atomic E-state index is -0.995. The van der Waals surface area contributed by atoms with Crippen LogP contribution in [0.25, 0.3) is 0 Å². The Morgan fingerprint density at radius 2 is 1.84 bits per heavy atom. The minimum absolute atomic E-state index is 0.0557. The van der Waals surface area contributed by atoms with Gasteiger partial charge in [-0.15, -0.1) is 0 Å². The van der Waals surface area contributed by atoms with E-state index in [2.05, 4.69) is 0 Å². The van der Waals surface area contributed by atoms with Crippen LogP contribution < -0.4 is 0 Å². The summed E-state index contributed by atoms with van der Waals surface area (Å²) < 4.78 is 0. The van der Waals surface area contributed by atoms with Crippen LogP contribution in [0.15, 0.2) is 0 Å². The lowest BCUT2D eigenvalue weighted by molar-refractivity contribution is -0.155. The van der Waals surface area contributed by atoms with Gasteiger partial charge >= 0.3 is 5.97 Å². The maximum absolute atomic E-state index is 12.2. The molecule has 0 rings (SSSR count). The van der Waals surface area contributed by atoms with Crippen molar-refractivity contribution in [1.82, 2.24) is 4.90 Å². The Kier molecular flexibility index (Phi) is 7.49. The highest BCUT2D eigenvalue weighted by Gasteiger charge is 2.39. The number of amides is 1. The molecular formula is C14H27NO3S. The Morgan fingerprint density at radius 1 is 1.32 bits per heavy atom. The zero-order valence-electron chi connectivity index (χ0n) is 12.9. The van der Waals surface area contributed by atoms with Crippen molar-refractivity contribution in [2.45, 2.75) is 46.6 Å². The molecule has 5 heteroatoms. The van der Waals surface area contributed by atoms with E-state index in [1.807, 2.05) is 27.0 Å². The second-order valence-electron chi connectivity index (χ2n) is 5.69. The van der Waals surface area contributed by atoms with E-state index in [9.17, 15) is 14.7 Å². The molecule has 1 N–H and O–H groups in total. The first-order valence-electron chi connectivity index (χ1n) is 6.64. The smallest absolute Gasteiger partial charge is 0.310 e. The molecule has 0 fully saturated rings. The van der Waals surface area contributed by atoms with Gasteiger partial charge < -0.3 is 10.0 Å². The van der Waals surface area contributed by atoms with Crippen molar-refractivity contribution in [3.63, 3.8) is 0 Å². The van der Waals surface area contributed by atoms with Crippen LogP contribution in [0.1, 0.15) is 40.5 Å². The van der Waals surface area contributed by atoms with Crippen molar-refractivity contribution in [3.05, 3.63) is 0 Å². The van der Waals surface area contributed by atoms with Crippen molar-refractivity contribution in [2.75, 3.05) is 19.1 Å². The van der Waals surface area contributed by atoms with E-state index < -0.39 is 11.4 Å². The highest BCUT2D eigenvalue weighted by molar-refractivity contribution is 7.98. The molecule has 0 aliphatic carbocycles. The lowest BCUT2D eigenvalue weighted by Crippen LogP contribution is -2.42. The average Bonchev–Trinajstić information content (AvgIpc) is 2.33. The molecule has 0 aromatic carbocycles. The fourth-order valence-corrected chi connectivity index (χ4v) is 2.27. The Labute approximate surface area is 120 Å². The monoisotopic (exact) mass is 289 g/mol. The second kappa shape index (κ2) is 7.78. The summed E-state index contributed by atoms with van der Waals surface area (Å²) >= 11 is 1.75. The predicted molar refractivity (Wildman–Crippen MR) is 80.4 cm³/mol. The molecule has 0 saturated carbocycles. The van der Waals surface area contributed by atoms with E-state index in [-0.39, 0.29) is 24.3 Å². The Morgan fingerprint density at radius 3 is 2.21 bits per heavy atom. The van der Waals surface area contributed by atoms with E-state index in [1.54, 1.807) is 30.6 Å². The van der Waals surface area contributed by atoms with Crippen molar-refractivity contribution in [1.29, 1.82) is 0 Å². The van der Waals surface area contributed by atoms with Crippen molar-refractivity contribution < 1.29 is 14.7 Å². The lowest BCUT2D eigenvalue weighted by Gasteiger charge is -2.32. The van der Waals surface area contributed by atoms with Gasteiger partial charge in [0.2, 0.25) is 5.91 Å². The number of carbonyl (C=O) groups is 2. The fraction of sp³-hybridized carbons (Fsp3) is 0.857. The van der Waals surface area contributed by atoms with Crippen LogP contribution in [0.2, 0.25) is 0 Å². The molecule has 1 amide bonds. The summed E-state index contributed by atoms with van der Waals surface area (Å²) in [5.74, 6) is -0.0730. The first-order chi connectivity index (χ1) is 8.66. The molecule has 0 spiro atoms. The number of carbonyl (C=O) groups excluding carboxylic acids is 1. The first kappa shape index (κ1) is 18.3. The molecule has 2 unspecified atom stereocenters. The molecule has 0 heterocycles. The summed E-state index contributed by atoms with van der Waals surface area (Å²) in [5.41, 5.74) is -0.995. The van der Waals surface area contributed by atoms with Crippen LogP contribution in [-0.4, -0.2) is 47.0 Å². The molecule has 0 radical (unpaired) electrons. The first-order valence-corrected chi connectivity index (χ1v) is 8.04. The van der Waals surface area contributed by atoms with Crippen molar-refractivity contribution >= 4 is 23.6 Å². The number of thioether (sulfide) groups is 1. The van der Waals surface area contributed by atoms with Crippen LogP contribution in [0.5, 0.6) is 0 Å². The zero-order valence-corrected chi connectivity index (χ0v) is 13.7. The van der Waals surface area contributed by atoms with Gasteiger partial charge in [-0.25, -0.2) is 0 Å².